The van der Waals surface area contributed by atoms with E-state index >= 15 is 0 Å². The minimum absolute atomic E-state index is 0.0474. The van der Waals surface area contributed by atoms with Crippen molar-refractivity contribution in [3.05, 3.63) is 121 Å². The number of allylic oxidation sites excluding steroid dienone is 1. The smallest absolute Gasteiger partial charge is 0.434 e. The lowest BCUT2D eigenvalue weighted by atomic mass is 10.3. The van der Waals surface area contributed by atoms with Gasteiger partial charge in [0.1, 0.15) is 21.9 Å². The molecule has 0 bridgehead atoms. The van der Waals surface area contributed by atoms with Crippen molar-refractivity contribution >= 4 is 110 Å². The average molecular weight is 1040 g/mol. The number of aromatic amines is 1. The number of nitrogens with two attached hydrogens (primary N) is 1. The number of H-pyrrole nitrogens is 1. The standard InChI is InChI=1S/C15H6Cl2F5N3O2S2.C12H9Cl2FN2O2S2.C5H5F4NO2/c16-11-8(29-13(17)24-11)4-28-5-1-2-7(6(18)3-5)25-12(26)9(19)10(15(20,21)22)23-14(25)27;1-19-12(18)16-8-3-2-6(4-7(8)15)20-5-9-10(13)17-11(14)21-9;1-12-4(11)2(6)3(10)5(7,8)9/h1-3H,4H2,(H,23,27);2-4H,5H2,1H3,(H,16,18);10H2,1H3/b;;3-2+. The molecule has 2 aromatic carbocycles. The highest BCUT2D eigenvalue weighted by Crippen LogP contribution is 2.35. The van der Waals surface area contributed by atoms with Crippen LogP contribution in [-0.2, 0) is 32.0 Å². The molecular weight excluding hydrogens is 1020 g/mol. The molecule has 0 saturated carbocycles. The molecule has 336 valence electrons. The van der Waals surface area contributed by atoms with Crippen molar-refractivity contribution < 1.29 is 63.0 Å². The molecule has 4 N–H and O–H groups in total. The Morgan fingerprint density at radius 3 is 1.74 bits per heavy atom. The molecule has 0 saturated heterocycles. The number of amides is 1. The number of ether oxygens (including phenoxy) is 2. The first kappa shape index (κ1) is 52.2. The maximum absolute atomic E-state index is 14.4. The van der Waals surface area contributed by atoms with E-state index in [9.17, 15) is 63.1 Å². The van der Waals surface area contributed by atoms with Gasteiger partial charge in [-0.05, 0) is 36.4 Å². The van der Waals surface area contributed by atoms with E-state index in [0.717, 1.165) is 47.2 Å². The van der Waals surface area contributed by atoms with Crippen LogP contribution in [0.25, 0.3) is 5.69 Å². The van der Waals surface area contributed by atoms with Gasteiger partial charge in [0.05, 0.1) is 35.3 Å². The lowest BCUT2D eigenvalue weighted by Crippen LogP contribution is -2.39. The van der Waals surface area contributed by atoms with Crippen molar-refractivity contribution in [3.8, 4) is 5.69 Å². The Labute approximate surface area is 376 Å². The fourth-order valence-electron chi connectivity index (χ4n) is 3.95. The Hall–Kier alpha value is -4.18. The predicted octanol–water partition coefficient (Wildman–Crippen LogP) is 10.8. The lowest BCUT2D eigenvalue weighted by molar-refractivity contribution is -0.144. The van der Waals surface area contributed by atoms with Crippen LogP contribution < -0.4 is 22.3 Å². The molecule has 30 heteroatoms. The van der Waals surface area contributed by atoms with Crippen molar-refractivity contribution in [2.75, 3.05) is 19.5 Å². The zero-order valence-corrected chi connectivity index (χ0v) is 36.5. The van der Waals surface area contributed by atoms with Crippen LogP contribution in [0, 0.1) is 17.5 Å². The Bertz CT molecular complexity index is 2590. The molecule has 3 aromatic heterocycles. The molecule has 0 radical (unpaired) electrons. The van der Waals surface area contributed by atoms with Crippen LogP contribution in [0.2, 0.25) is 19.2 Å². The second kappa shape index (κ2) is 22.4. The Balaban J connectivity index is 0.000000271. The molecular formula is C32H20Cl4F10N6O6S4. The van der Waals surface area contributed by atoms with Gasteiger partial charge in [0, 0.05) is 21.3 Å². The van der Waals surface area contributed by atoms with E-state index in [-0.39, 0.29) is 25.6 Å². The summed E-state index contributed by atoms with van der Waals surface area (Å²) in [6.45, 7) is 0. The second-order valence-corrected chi connectivity index (χ2v) is 16.9. The SMILES string of the molecule is COC(=O)/C(F)=C(\N)C(F)(F)F.COC(=O)Nc1ccc(SCc2sc(Cl)nc2Cl)cc1F.O=c1[nH]c(C(F)(F)F)c(F)c(=O)n1-c1ccc(SCc2sc(Cl)nc2Cl)cc1F. The zero-order valence-electron chi connectivity index (χ0n) is 30.2. The number of methoxy groups -OCH3 is 2. The van der Waals surface area contributed by atoms with Crippen LogP contribution >= 0.6 is 92.6 Å². The number of halogens is 14. The van der Waals surface area contributed by atoms with Gasteiger partial charge in [-0.1, -0.05) is 46.4 Å². The van der Waals surface area contributed by atoms with Crippen molar-refractivity contribution in [1.29, 1.82) is 0 Å². The van der Waals surface area contributed by atoms with Crippen LogP contribution in [0.5, 0.6) is 0 Å². The number of alkyl halides is 6. The summed E-state index contributed by atoms with van der Waals surface area (Å²) >= 11 is 28.2. The van der Waals surface area contributed by atoms with Crippen molar-refractivity contribution in [1.82, 2.24) is 19.5 Å². The molecule has 1 amide bonds. The number of anilines is 1. The summed E-state index contributed by atoms with van der Waals surface area (Å²) in [5, 5.41) is 2.84. The number of carbonyl (C=O) groups is 2. The largest absolute Gasteiger partial charge is 0.464 e. The highest BCUT2D eigenvalue weighted by molar-refractivity contribution is 7.99. The highest BCUT2D eigenvalue weighted by atomic mass is 35.5. The van der Waals surface area contributed by atoms with Crippen LogP contribution in [-0.4, -0.2) is 52.0 Å². The molecule has 12 nitrogen and oxygen atoms in total. The van der Waals surface area contributed by atoms with Crippen LogP contribution in [0.15, 0.2) is 67.3 Å². The highest BCUT2D eigenvalue weighted by Gasteiger charge is 2.38. The minimum atomic E-state index is -5.29. The summed E-state index contributed by atoms with van der Waals surface area (Å²) in [6.07, 6.45) is -11.1. The molecule has 0 spiro atoms. The molecule has 0 aliphatic rings. The first-order valence-electron chi connectivity index (χ1n) is 15.5. The maximum atomic E-state index is 14.4. The molecule has 3 heterocycles. The predicted molar refractivity (Wildman–Crippen MR) is 214 cm³/mol. The average Bonchev–Trinajstić information content (AvgIpc) is 3.70. The van der Waals surface area contributed by atoms with Gasteiger partial charge in [-0.15, -0.1) is 46.2 Å². The summed E-state index contributed by atoms with van der Waals surface area (Å²) in [4.78, 5) is 56.4. The van der Waals surface area contributed by atoms with Gasteiger partial charge in [-0.25, -0.2) is 37.7 Å². The summed E-state index contributed by atoms with van der Waals surface area (Å²) in [5.74, 6) is -6.96. The number of thioether (sulfide) groups is 2. The van der Waals surface area contributed by atoms with E-state index in [0.29, 0.717) is 30.0 Å². The van der Waals surface area contributed by atoms with Gasteiger partial charge >= 0.3 is 30.1 Å². The Kier molecular flexibility index (Phi) is 18.9. The fraction of sp³-hybridized carbons (Fsp3) is 0.188. The zero-order chi connectivity index (χ0) is 46.9. The quantitative estimate of drug-likeness (QED) is 0.0555. The maximum Gasteiger partial charge on any atom is 0.434 e. The van der Waals surface area contributed by atoms with E-state index in [2.05, 4.69) is 30.5 Å². The van der Waals surface area contributed by atoms with Gasteiger partial charge in [0.25, 0.3) is 5.56 Å². The topological polar surface area (TPSA) is 171 Å². The monoisotopic (exact) mass is 1040 g/mol. The lowest BCUT2D eigenvalue weighted by Gasteiger charge is -2.11. The number of nitrogens with one attached hydrogen (secondary N) is 2. The van der Waals surface area contributed by atoms with Crippen LogP contribution in [0.3, 0.4) is 0 Å². The summed E-state index contributed by atoms with van der Waals surface area (Å²) in [5.41, 5.74) is -4.16. The molecule has 0 aliphatic heterocycles. The molecule has 0 unspecified atom stereocenters. The number of nitrogens with zero attached hydrogens (tertiary/aromatic N) is 3. The van der Waals surface area contributed by atoms with Gasteiger partial charge < -0.3 is 20.2 Å². The number of thiazole rings is 2. The van der Waals surface area contributed by atoms with Gasteiger partial charge in [0.2, 0.25) is 11.6 Å². The number of benzene rings is 2. The third-order valence-electron chi connectivity index (χ3n) is 6.75. The Morgan fingerprint density at radius 1 is 0.839 bits per heavy atom. The molecule has 5 aromatic rings. The Morgan fingerprint density at radius 2 is 1.34 bits per heavy atom. The van der Waals surface area contributed by atoms with Crippen molar-refractivity contribution in [2.45, 2.75) is 33.6 Å². The number of esters is 1. The molecule has 0 fully saturated rings. The van der Waals surface area contributed by atoms with Crippen molar-refractivity contribution in [2.24, 2.45) is 5.73 Å². The van der Waals surface area contributed by atoms with Crippen LogP contribution in [0.4, 0.5) is 54.4 Å². The number of rotatable bonds is 9. The second-order valence-electron chi connectivity index (χ2n) is 10.8. The van der Waals surface area contributed by atoms with Crippen molar-refractivity contribution in [3.63, 3.8) is 0 Å². The molecule has 0 aliphatic carbocycles. The summed E-state index contributed by atoms with van der Waals surface area (Å²) in [7, 11) is 1.95. The normalized spacial score (nSPS) is 11.7. The number of hydrogen-bond acceptors (Lipinski definition) is 13. The summed E-state index contributed by atoms with van der Waals surface area (Å²) in [6, 6.07) is 7.71. The van der Waals surface area contributed by atoms with E-state index in [1.807, 2.05) is 0 Å². The molecule has 5 rings (SSSR count). The van der Waals surface area contributed by atoms with Gasteiger partial charge in [-0.3, -0.25) is 10.1 Å². The van der Waals surface area contributed by atoms with E-state index in [1.165, 1.54) is 53.4 Å². The third kappa shape index (κ3) is 14.4. The van der Waals surface area contributed by atoms with E-state index in [4.69, 9.17) is 46.4 Å². The number of carbonyl (C=O) groups excluding carboxylic acids is 2. The first-order valence-corrected chi connectivity index (χ1v) is 20.6. The number of aromatic nitrogens is 4. The summed E-state index contributed by atoms with van der Waals surface area (Å²) < 4.78 is 136. The third-order valence-corrected chi connectivity index (χ3v) is 12.3. The van der Waals surface area contributed by atoms with Gasteiger partial charge in [0.15, 0.2) is 20.3 Å². The fourth-order valence-corrected chi connectivity index (χ4v) is 8.89. The molecule has 0 atom stereocenters. The molecule has 62 heavy (non-hydrogen) atoms. The number of hydrogen-bond donors (Lipinski definition) is 3. The van der Waals surface area contributed by atoms with E-state index in [1.54, 1.807) is 6.07 Å². The minimum Gasteiger partial charge on any atom is -0.464 e. The van der Waals surface area contributed by atoms with Crippen LogP contribution in [0.1, 0.15) is 15.4 Å². The first-order chi connectivity index (χ1) is 28.8. The van der Waals surface area contributed by atoms with E-state index < -0.39 is 76.0 Å². The van der Waals surface area contributed by atoms with Gasteiger partial charge in [-0.2, -0.15) is 35.1 Å².